The second-order valence-corrected chi connectivity index (χ2v) is 5.98. The van der Waals surface area contributed by atoms with Gasteiger partial charge in [-0.2, -0.15) is 0 Å². The van der Waals surface area contributed by atoms with Crippen molar-refractivity contribution in [2.75, 3.05) is 6.54 Å². The average Bonchev–Trinajstić information content (AvgIpc) is 2.26. The van der Waals surface area contributed by atoms with Crippen molar-refractivity contribution in [1.29, 1.82) is 0 Å². The van der Waals surface area contributed by atoms with Crippen molar-refractivity contribution in [3.05, 3.63) is 0 Å². The number of hydrogen-bond donors (Lipinski definition) is 3. The summed E-state index contributed by atoms with van der Waals surface area (Å²) in [5.74, 6) is 0.528. The van der Waals surface area contributed by atoms with Crippen molar-refractivity contribution in [2.24, 2.45) is 11.7 Å². The second kappa shape index (κ2) is 5.36. The molecule has 0 aromatic rings. The maximum atomic E-state index is 11.6. The van der Waals surface area contributed by atoms with Gasteiger partial charge >= 0.3 is 0 Å². The Morgan fingerprint density at radius 3 is 2.41 bits per heavy atom. The Balaban J connectivity index is 2.39. The molecule has 1 aliphatic rings. The van der Waals surface area contributed by atoms with Crippen LogP contribution in [-0.2, 0) is 4.79 Å². The summed E-state index contributed by atoms with van der Waals surface area (Å²) >= 11 is 0. The third-order valence-corrected chi connectivity index (χ3v) is 3.78. The fraction of sp³-hybridized carbons (Fsp3) is 0.923. The average molecular weight is 242 g/mol. The van der Waals surface area contributed by atoms with E-state index in [1.165, 1.54) is 6.42 Å². The van der Waals surface area contributed by atoms with Crippen molar-refractivity contribution >= 4 is 5.91 Å². The van der Waals surface area contributed by atoms with Gasteiger partial charge < -0.3 is 16.2 Å². The second-order valence-electron chi connectivity index (χ2n) is 5.98. The van der Waals surface area contributed by atoms with Crippen molar-refractivity contribution in [1.82, 2.24) is 5.32 Å². The van der Waals surface area contributed by atoms with Crippen LogP contribution in [0.1, 0.15) is 52.9 Å². The largest absolute Gasteiger partial charge is 0.388 e. The van der Waals surface area contributed by atoms with Gasteiger partial charge in [0.05, 0.1) is 11.1 Å². The molecule has 1 aliphatic carbocycles. The van der Waals surface area contributed by atoms with Gasteiger partial charge in [0.2, 0.25) is 5.91 Å². The Bertz CT molecular complexity index is 263. The molecule has 0 unspecified atom stereocenters. The van der Waals surface area contributed by atoms with Crippen LogP contribution >= 0.6 is 0 Å². The highest BCUT2D eigenvalue weighted by Crippen LogP contribution is 2.33. The van der Waals surface area contributed by atoms with Gasteiger partial charge in [0.1, 0.15) is 0 Å². The van der Waals surface area contributed by atoms with Gasteiger partial charge in [-0.1, -0.05) is 13.3 Å². The van der Waals surface area contributed by atoms with E-state index in [1.54, 1.807) is 13.8 Å². The molecule has 1 rings (SSSR count). The molecule has 1 amide bonds. The first-order valence-electron chi connectivity index (χ1n) is 6.56. The monoisotopic (exact) mass is 242 g/mol. The lowest BCUT2D eigenvalue weighted by Crippen LogP contribution is -2.53. The predicted octanol–water partition coefficient (Wildman–Crippen LogP) is 1.17. The maximum absolute atomic E-state index is 11.6. The third-order valence-electron chi connectivity index (χ3n) is 3.78. The maximum Gasteiger partial charge on any atom is 0.239 e. The Morgan fingerprint density at radius 2 is 2.00 bits per heavy atom. The minimum atomic E-state index is -0.878. The lowest BCUT2D eigenvalue weighted by Gasteiger charge is -2.36. The van der Waals surface area contributed by atoms with Crippen molar-refractivity contribution < 1.29 is 9.90 Å². The van der Waals surface area contributed by atoms with Gasteiger partial charge in [-0.3, -0.25) is 4.79 Å². The molecule has 1 fully saturated rings. The molecule has 0 spiro atoms. The van der Waals surface area contributed by atoms with Crippen LogP contribution in [0.25, 0.3) is 0 Å². The van der Waals surface area contributed by atoms with E-state index in [2.05, 4.69) is 12.2 Å². The number of carbonyl (C=O) groups is 1. The number of nitrogens with one attached hydrogen (secondary N) is 1. The summed E-state index contributed by atoms with van der Waals surface area (Å²) in [4.78, 5) is 11.6. The van der Waals surface area contributed by atoms with Crippen LogP contribution in [0.5, 0.6) is 0 Å². The Morgan fingerprint density at radius 1 is 1.47 bits per heavy atom. The Kier molecular flexibility index (Phi) is 4.55. The zero-order chi connectivity index (χ0) is 13.1. The fourth-order valence-corrected chi connectivity index (χ4v) is 2.27. The summed E-state index contributed by atoms with van der Waals surface area (Å²) in [6.07, 6.45) is 4.83. The molecule has 1 saturated carbocycles. The molecule has 0 heterocycles. The highest BCUT2D eigenvalue weighted by atomic mass is 16.3. The van der Waals surface area contributed by atoms with E-state index in [0.29, 0.717) is 6.54 Å². The quantitative estimate of drug-likeness (QED) is 0.692. The zero-order valence-corrected chi connectivity index (χ0v) is 11.3. The van der Waals surface area contributed by atoms with Gasteiger partial charge in [-0.05, 0) is 45.4 Å². The predicted molar refractivity (Wildman–Crippen MR) is 68.5 cm³/mol. The van der Waals surface area contributed by atoms with Crippen molar-refractivity contribution in [2.45, 2.75) is 64.0 Å². The molecule has 17 heavy (non-hydrogen) atoms. The molecule has 4 heteroatoms. The standard InChI is InChI=1S/C13H26N2O2/c1-4-10-5-7-13(17,8-6-10)9-15-11(16)12(2,3)14/h10,17H,4-9,14H2,1-3H3,(H,15,16). The number of rotatable bonds is 4. The van der Waals surface area contributed by atoms with Gasteiger partial charge in [-0.25, -0.2) is 0 Å². The smallest absolute Gasteiger partial charge is 0.239 e. The normalized spacial score (nSPS) is 30.1. The molecule has 4 N–H and O–H groups in total. The lowest BCUT2D eigenvalue weighted by molar-refractivity contribution is -0.127. The van der Waals surface area contributed by atoms with Crippen LogP contribution in [0.15, 0.2) is 0 Å². The number of hydrogen-bond acceptors (Lipinski definition) is 3. The minimum Gasteiger partial charge on any atom is -0.388 e. The highest BCUT2D eigenvalue weighted by molar-refractivity contribution is 5.85. The van der Waals surface area contributed by atoms with Crippen LogP contribution in [0.4, 0.5) is 0 Å². The van der Waals surface area contributed by atoms with E-state index in [9.17, 15) is 9.90 Å². The van der Waals surface area contributed by atoms with Gasteiger partial charge in [0.25, 0.3) is 0 Å². The summed E-state index contributed by atoms with van der Waals surface area (Å²) in [6.45, 7) is 5.84. The molecule has 0 aromatic carbocycles. The summed E-state index contributed by atoms with van der Waals surface area (Å²) in [5.41, 5.74) is 4.08. The van der Waals surface area contributed by atoms with E-state index in [-0.39, 0.29) is 5.91 Å². The van der Waals surface area contributed by atoms with E-state index in [0.717, 1.165) is 31.6 Å². The van der Waals surface area contributed by atoms with Gasteiger partial charge in [0, 0.05) is 6.54 Å². The molecule has 0 saturated heterocycles. The van der Waals surface area contributed by atoms with E-state index >= 15 is 0 Å². The van der Waals surface area contributed by atoms with E-state index in [1.807, 2.05) is 0 Å². The first-order valence-corrected chi connectivity index (χ1v) is 6.56. The van der Waals surface area contributed by atoms with Crippen LogP contribution < -0.4 is 11.1 Å². The molecule has 100 valence electrons. The Hall–Kier alpha value is -0.610. The third kappa shape index (κ3) is 4.28. The molecular weight excluding hydrogens is 216 g/mol. The molecule has 0 bridgehead atoms. The fourth-order valence-electron chi connectivity index (χ4n) is 2.27. The van der Waals surface area contributed by atoms with Crippen LogP contribution in [0.2, 0.25) is 0 Å². The summed E-state index contributed by atoms with van der Waals surface area (Å²) in [6, 6.07) is 0. The van der Waals surface area contributed by atoms with Gasteiger partial charge in [-0.15, -0.1) is 0 Å². The SMILES string of the molecule is CCC1CCC(O)(CNC(=O)C(C)(C)N)CC1. The van der Waals surface area contributed by atoms with Crippen molar-refractivity contribution in [3.63, 3.8) is 0 Å². The summed E-state index contributed by atoms with van der Waals surface area (Å²) in [5, 5.41) is 13.1. The van der Waals surface area contributed by atoms with Crippen LogP contribution in [0, 0.1) is 5.92 Å². The molecule has 0 aliphatic heterocycles. The molecular formula is C13H26N2O2. The lowest BCUT2D eigenvalue weighted by atomic mass is 9.78. The zero-order valence-electron chi connectivity index (χ0n) is 11.3. The first-order chi connectivity index (χ1) is 7.77. The molecule has 0 radical (unpaired) electrons. The first kappa shape index (κ1) is 14.5. The molecule has 4 nitrogen and oxygen atoms in total. The van der Waals surface area contributed by atoms with E-state index in [4.69, 9.17) is 5.73 Å². The topological polar surface area (TPSA) is 75.3 Å². The number of carbonyl (C=O) groups excluding carboxylic acids is 1. The molecule has 0 atom stereocenters. The summed E-state index contributed by atoms with van der Waals surface area (Å²) < 4.78 is 0. The number of nitrogens with two attached hydrogens (primary N) is 1. The highest BCUT2D eigenvalue weighted by Gasteiger charge is 2.34. The van der Waals surface area contributed by atoms with Crippen LogP contribution in [0.3, 0.4) is 0 Å². The van der Waals surface area contributed by atoms with Crippen molar-refractivity contribution in [3.8, 4) is 0 Å². The summed E-state index contributed by atoms with van der Waals surface area (Å²) in [7, 11) is 0. The molecule has 0 aromatic heterocycles. The minimum absolute atomic E-state index is 0.205. The Labute approximate surface area is 104 Å². The van der Waals surface area contributed by atoms with Crippen LogP contribution in [-0.4, -0.2) is 28.7 Å². The van der Waals surface area contributed by atoms with Gasteiger partial charge in [0.15, 0.2) is 0 Å². The number of aliphatic hydroxyl groups is 1. The van der Waals surface area contributed by atoms with E-state index < -0.39 is 11.1 Å². The number of amides is 1.